The van der Waals surface area contributed by atoms with Gasteiger partial charge in [-0.2, -0.15) is 0 Å². The number of hydrogen-bond acceptors (Lipinski definition) is 1. The summed E-state index contributed by atoms with van der Waals surface area (Å²) in [5.41, 5.74) is 0. The fraction of sp³-hybridized carbons (Fsp3) is 1.00. The number of hydrogen-bond donors (Lipinski definition) is 1. The van der Waals surface area contributed by atoms with Crippen molar-refractivity contribution in [3.8, 4) is 0 Å². The fourth-order valence-electron chi connectivity index (χ4n) is 1.98. The molecule has 0 aromatic carbocycles. The van der Waals surface area contributed by atoms with Crippen LogP contribution in [0.4, 0.5) is 0 Å². The molecular formula is C12H25N. The van der Waals surface area contributed by atoms with Crippen LogP contribution in [0, 0.1) is 11.8 Å². The minimum Gasteiger partial charge on any atom is -0.314 e. The zero-order valence-corrected chi connectivity index (χ0v) is 9.47. The van der Waals surface area contributed by atoms with Gasteiger partial charge in [0.25, 0.3) is 0 Å². The minimum absolute atomic E-state index is 0.824. The molecule has 1 atom stereocenters. The first-order chi connectivity index (χ1) is 6.22. The fourth-order valence-corrected chi connectivity index (χ4v) is 1.98. The Bertz CT molecular complexity index is 125. The molecular weight excluding hydrogens is 158 g/mol. The van der Waals surface area contributed by atoms with E-state index in [1.807, 2.05) is 0 Å². The Morgan fingerprint density at radius 3 is 2.38 bits per heavy atom. The molecule has 1 N–H and O–H groups in total. The lowest BCUT2D eigenvalue weighted by Gasteiger charge is -2.28. The standard InChI is InChI=1S/C12H25N/c1-4-10(2)9-13-12-7-5-11(3)6-8-12/h10-13H,4-9H2,1-3H3. The molecule has 1 fully saturated rings. The largest absolute Gasteiger partial charge is 0.314 e. The highest BCUT2D eigenvalue weighted by Gasteiger charge is 2.17. The highest BCUT2D eigenvalue weighted by molar-refractivity contribution is 4.75. The SMILES string of the molecule is CCC(C)CNC1CCC(C)CC1. The summed E-state index contributed by atoms with van der Waals surface area (Å²) in [5.74, 6) is 1.82. The van der Waals surface area contributed by atoms with Crippen LogP contribution in [0.25, 0.3) is 0 Å². The Labute approximate surface area is 83.3 Å². The van der Waals surface area contributed by atoms with E-state index in [1.54, 1.807) is 0 Å². The van der Waals surface area contributed by atoms with Crippen LogP contribution in [0.3, 0.4) is 0 Å². The van der Waals surface area contributed by atoms with E-state index < -0.39 is 0 Å². The lowest BCUT2D eigenvalue weighted by atomic mass is 9.87. The van der Waals surface area contributed by atoms with Crippen molar-refractivity contribution >= 4 is 0 Å². The van der Waals surface area contributed by atoms with Crippen LogP contribution < -0.4 is 5.32 Å². The summed E-state index contributed by atoms with van der Waals surface area (Å²) in [5, 5.41) is 3.69. The van der Waals surface area contributed by atoms with Gasteiger partial charge in [-0.3, -0.25) is 0 Å². The molecule has 0 bridgehead atoms. The maximum absolute atomic E-state index is 3.69. The molecule has 1 saturated carbocycles. The van der Waals surface area contributed by atoms with Gasteiger partial charge in [0.1, 0.15) is 0 Å². The van der Waals surface area contributed by atoms with Crippen molar-refractivity contribution in [3.63, 3.8) is 0 Å². The van der Waals surface area contributed by atoms with E-state index in [2.05, 4.69) is 26.1 Å². The van der Waals surface area contributed by atoms with Crippen LogP contribution in [-0.4, -0.2) is 12.6 Å². The highest BCUT2D eigenvalue weighted by atomic mass is 14.9. The summed E-state index contributed by atoms with van der Waals surface area (Å²) in [4.78, 5) is 0. The second kappa shape index (κ2) is 5.64. The maximum atomic E-state index is 3.69. The third kappa shape index (κ3) is 4.12. The smallest absolute Gasteiger partial charge is 0.00673 e. The summed E-state index contributed by atoms with van der Waals surface area (Å²) >= 11 is 0. The van der Waals surface area contributed by atoms with Crippen LogP contribution in [-0.2, 0) is 0 Å². The predicted molar refractivity (Wildman–Crippen MR) is 58.9 cm³/mol. The lowest BCUT2D eigenvalue weighted by Crippen LogP contribution is -2.35. The van der Waals surface area contributed by atoms with Gasteiger partial charge in [0, 0.05) is 6.04 Å². The molecule has 13 heavy (non-hydrogen) atoms. The van der Waals surface area contributed by atoms with Crippen LogP contribution in [0.1, 0.15) is 52.9 Å². The van der Waals surface area contributed by atoms with E-state index in [-0.39, 0.29) is 0 Å². The summed E-state index contributed by atoms with van der Waals surface area (Å²) < 4.78 is 0. The molecule has 0 amide bonds. The third-order valence-electron chi connectivity index (χ3n) is 3.47. The van der Waals surface area contributed by atoms with Gasteiger partial charge < -0.3 is 5.32 Å². The van der Waals surface area contributed by atoms with Crippen molar-refractivity contribution in [2.75, 3.05) is 6.54 Å². The molecule has 1 rings (SSSR count). The zero-order chi connectivity index (χ0) is 9.68. The van der Waals surface area contributed by atoms with Gasteiger partial charge in [0.05, 0.1) is 0 Å². The Balaban J connectivity index is 2.08. The third-order valence-corrected chi connectivity index (χ3v) is 3.47. The average molecular weight is 183 g/mol. The van der Waals surface area contributed by atoms with Crippen molar-refractivity contribution < 1.29 is 0 Å². The normalized spacial score (nSPS) is 31.6. The summed E-state index contributed by atoms with van der Waals surface area (Å²) in [6.45, 7) is 8.20. The molecule has 1 heteroatoms. The molecule has 78 valence electrons. The Morgan fingerprint density at radius 2 is 1.85 bits per heavy atom. The molecule has 1 nitrogen and oxygen atoms in total. The first kappa shape index (κ1) is 11.0. The molecule has 0 aromatic heterocycles. The minimum atomic E-state index is 0.824. The first-order valence-corrected chi connectivity index (χ1v) is 5.95. The molecule has 1 aliphatic rings. The van der Waals surface area contributed by atoms with Crippen LogP contribution >= 0.6 is 0 Å². The molecule has 0 radical (unpaired) electrons. The summed E-state index contributed by atoms with van der Waals surface area (Å²) in [6, 6.07) is 0.824. The topological polar surface area (TPSA) is 12.0 Å². The molecule has 0 heterocycles. The van der Waals surface area contributed by atoms with Gasteiger partial charge in [-0.1, -0.05) is 27.2 Å². The van der Waals surface area contributed by atoms with Crippen molar-refractivity contribution in [1.29, 1.82) is 0 Å². The van der Waals surface area contributed by atoms with E-state index in [0.29, 0.717) is 0 Å². The van der Waals surface area contributed by atoms with E-state index in [9.17, 15) is 0 Å². The number of nitrogens with one attached hydrogen (secondary N) is 1. The Hall–Kier alpha value is -0.0400. The van der Waals surface area contributed by atoms with Gasteiger partial charge in [-0.25, -0.2) is 0 Å². The van der Waals surface area contributed by atoms with Crippen molar-refractivity contribution in [1.82, 2.24) is 5.32 Å². The number of rotatable bonds is 4. The maximum Gasteiger partial charge on any atom is 0.00673 e. The molecule has 1 aliphatic carbocycles. The van der Waals surface area contributed by atoms with E-state index in [0.717, 1.165) is 17.9 Å². The van der Waals surface area contributed by atoms with Crippen LogP contribution in [0.5, 0.6) is 0 Å². The molecule has 0 aromatic rings. The van der Waals surface area contributed by atoms with Gasteiger partial charge in [-0.15, -0.1) is 0 Å². The van der Waals surface area contributed by atoms with Gasteiger partial charge >= 0.3 is 0 Å². The summed E-state index contributed by atoms with van der Waals surface area (Å²) in [7, 11) is 0. The van der Waals surface area contributed by atoms with E-state index >= 15 is 0 Å². The second-order valence-corrected chi connectivity index (χ2v) is 4.88. The lowest BCUT2D eigenvalue weighted by molar-refractivity contribution is 0.296. The monoisotopic (exact) mass is 183 g/mol. The Morgan fingerprint density at radius 1 is 1.23 bits per heavy atom. The Kier molecular flexibility index (Phi) is 4.79. The van der Waals surface area contributed by atoms with Crippen molar-refractivity contribution in [2.24, 2.45) is 11.8 Å². The summed E-state index contributed by atoms with van der Waals surface area (Å²) in [6.07, 6.45) is 6.96. The highest BCUT2D eigenvalue weighted by Crippen LogP contribution is 2.23. The molecule has 0 saturated heterocycles. The van der Waals surface area contributed by atoms with Gasteiger partial charge in [0.2, 0.25) is 0 Å². The van der Waals surface area contributed by atoms with Crippen molar-refractivity contribution in [2.45, 2.75) is 58.9 Å². The quantitative estimate of drug-likeness (QED) is 0.706. The van der Waals surface area contributed by atoms with Gasteiger partial charge in [0.15, 0.2) is 0 Å². The first-order valence-electron chi connectivity index (χ1n) is 5.95. The molecule has 0 spiro atoms. The van der Waals surface area contributed by atoms with Crippen molar-refractivity contribution in [3.05, 3.63) is 0 Å². The van der Waals surface area contributed by atoms with Crippen LogP contribution in [0.15, 0.2) is 0 Å². The zero-order valence-electron chi connectivity index (χ0n) is 9.47. The second-order valence-electron chi connectivity index (χ2n) is 4.88. The molecule has 1 unspecified atom stereocenters. The average Bonchev–Trinajstić information content (AvgIpc) is 2.16. The van der Waals surface area contributed by atoms with E-state index in [1.165, 1.54) is 38.6 Å². The predicted octanol–water partition coefficient (Wildman–Crippen LogP) is 3.20. The van der Waals surface area contributed by atoms with Gasteiger partial charge in [-0.05, 0) is 44.1 Å². The van der Waals surface area contributed by atoms with Crippen LogP contribution in [0.2, 0.25) is 0 Å². The molecule has 0 aliphatic heterocycles. The van der Waals surface area contributed by atoms with E-state index in [4.69, 9.17) is 0 Å².